The van der Waals surface area contributed by atoms with E-state index in [0.29, 0.717) is 16.0 Å². The molecule has 4 nitrogen and oxygen atoms in total. The van der Waals surface area contributed by atoms with Gasteiger partial charge in [-0.2, -0.15) is 0 Å². The van der Waals surface area contributed by atoms with Crippen LogP contribution < -0.4 is 10.0 Å². The fourth-order valence-corrected chi connectivity index (χ4v) is 5.48. The molecule has 7 heteroatoms. The second kappa shape index (κ2) is 7.40. The predicted octanol–water partition coefficient (Wildman–Crippen LogP) is 3.81. The minimum Gasteiger partial charge on any atom is -0.312 e. The van der Waals surface area contributed by atoms with E-state index < -0.39 is 10.0 Å². The van der Waals surface area contributed by atoms with E-state index in [4.69, 9.17) is 0 Å². The molecule has 1 heterocycles. The van der Waals surface area contributed by atoms with Gasteiger partial charge in [-0.15, -0.1) is 11.3 Å². The van der Waals surface area contributed by atoms with Crippen molar-refractivity contribution in [2.24, 2.45) is 0 Å². The number of rotatable bonds is 7. The topological polar surface area (TPSA) is 58.2 Å². The Labute approximate surface area is 137 Å². The normalized spacial score (nSPS) is 11.5. The van der Waals surface area contributed by atoms with Crippen LogP contribution in [0.1, 0.15) is 18.2 Å². The second-order valence-corrected chi connectivity index (χ2v) is 8.60. The number of nitrogens with one attached hydrogen (secondary N) is 2. The summed E-state index contributed by atoms with van der Waals surface area (Å²) < 4.78 is 28.0. The van der Waals surface area contributed by atoms with E-state index in [1.807, 2.05) is 6.07 Å². The minimum absolute atomic E-state index is 0.282. The van der Waals surface area contributed by atoms with Crippen LogP contribution >= 0.6 is 27.3 Å². The third kappa shape index (κ3) is 4.54. The Morgan fingerprint density at radius 1 is 1.24 bits per heavy atom. The maximum absolute atomic E-state index is 12.4. The van der Waals surface area contributed by atoms with Crippen molar-refractivity contribution in [3.05, 3.63) is 45.1 Å². The zero-order valence-electron chi connectivity index (χ0n) is 11.6. The predicted molar refractivity (Wildman–Crippen MR) is 91.3 cm³/mol. The van der Waals surface area contributed by atoms with Crippen LogP contribution in [0.25, 0.3) is 0 Å². The van der Waals surface area contributed by atoms with Crippen molar-refractivity contribution in [2.75, 3.05) is 11.3 Å². The monoisotopic (exact) mass is 388 g/mol. The molecular formula is C14H17BrN2O2S2. The minimum atomic E-state index is -3.57. The summed E-state index contributed by atoms with van der Waals surface area (Å²) in [6.45, 7) is 3.69. The number of halogens is 1. The summed E-state index contributed by atoms with van der Waals surface area (Å²) in [5, 5.41) is 3.27. The van der Waals surface area contributed by atoms with E-state index in [2.05, 4.69) is 32.9 Å². The van der Waals surface area contributed by atoms with Crippen LogP contribution in [0.4, 0.5) is 5.69 Å². The molecule has 0 saturated carbocycles. The van der Waals surface area contributed by atoms with Gasteiger partial charge in [-0.1, -0.05) is 25.1 Å². The van der Waals surface area contributed by atoms with E-state index in [1.54, 1.807) is 30.3 Å². The average Bonchev–Trinajstić information content (AvgIpc) is 2.82. The molecule has 0 aliphatic carbocycles. The third-order valence-corrected chi connectivity index (χ3v) is 6.38. The van der Waals surface area contributed by atoms with Crippen molar-refractivity contribution >= 4 is 43.0 Å². The first kappa shape index (κ1) is 16.5. The molecule has 2 aromatic rings. The molecule has 0 aliphatic heterocycles. The highest BCUT2D eigenvalue weighted by Crippen LogP contribution is 2.32. The fourth-order valence-electron chi connectivity index (χ4n) is 1.77. The molecule has 0 radical (unpaired) electrons. The van der Waals surface area contributed by atoms with E-state index in [1.165, 1.54) is 11.3 Å². The Morgan fingerprint density at radius 3 is 2.62 bits per heavy atom. The van der Waals surface area contributed by atoms with E-state index >= 15 is 0 Å². The van der Waals surface area contributed by atoms with Crippen molar-refractivity contribution in [2.45, 2.75) is 24.8 Å². The van der Waals surface area contributed by atoms with Crippen LogP contribution in [0, 0.1) is 0 Å². The van der Waals surface area contributed by atoms with Gasteiger partial charge in [0.15, 0.2) is 0 Å². The van der Waals surface area contributed by atoms with Gasteiger partial charge in [0, 0.05) is 17.1 Å². The lowest BCUT2D eigenvalue weighted by molar-refractivity contribution is 0.601. The molecule has 0 bridgehead atoms. The largest absolute Gasteiger partial charge is 0.312 e. The van der Waals surface area contributed by atoms with Crippen LogP contribution in [0.5, 0.6) is 0 Å². The molecule has 0 saturated heterocycles. The highest BCUT2D eigenvalue weighted by Gasteiger charge is 2.20. The van der Waals surface area contributed by atoms with Crippen molar-refractivity contribution in [1.29, 1.82) is 0 Å². The molecule has 2 rings (SSSR count). The van der Waals surface area contributed by atoms with Gasteiger partial charge in [0.2, 0.25) is 0 Å². The van der Waals surface area contributed by atoms with Crippen LogP contribution in [-0.2, 0) is 16.6 Å². The number of hydrogen-bond acceptors (Lipinski definition) is 4. The molecule has 1 aromatic heterocycles. The van der Waals surface area contributed by atoms with Crippen molar-refractivity contribution in [1.82, 2.24) is 5.32 Å². The molecule has 21 heavy (non-hydrogen) atoms. The van der Waals surface area contributed by atoms with Crippen molar-refractivity contribution in [3.63, 3.8) is 0 Å². The first-order valence-electron chi connectivity index (χ1n) is 6.59. The van der Waals surface area contributed by atoms with Crippen LogP contribution in [0.3, 0.4) is 0 Å². The van der Waals surface area contributed by atoms with Crippen LogP contribution in [0.2, 0.25) is 0 Å². The van der Waals surface area contributed by atoms with Gasteiger partial charge in [-0.05, 0) is 47.1 Å². The van der Waals surface area contributed by atoms with Gasteiger partial charge in [-0.3, -0.25) is 4.72 Å². The Balaban J connectivity index is 2.16. The molecule has 0 atom stereocenters. The fraction of sp³-hybridized carbons (Fsp3) is 0.286. The lowest BCUT2D eigenvalue weighted by Crippen LogP contribution is -2.14. The summed E-state index contributed by atoms with van der Waals surface area (Å²) in [4.78, 5) is 1.27. The van der Waals surface area contributed by atoms with Crippen molar-refractivity contribution < 1.29 is 8.42 Å². The number of para-hydroxylation sites is 1. The van der Waals surface area contributed by atoms with E-state index in [0.717, 1.165) is 17.8 Å². The van der Waals surface area contributed by atoms with Gasteiger partial charge in [0.25, 0.3) is 10.0 Å². The zero-order valence-corrected chi connectivity index (χ0v) is 14.8. The molecule has 0 fully saturated rings. The summed E-state index contributed by atoms with van der Waals surface area (Å²) in [6, 6.07) is 10.6. The second-order valence-electron chi connectivity index (χ2n) is 4.50. The lowest BCUT2D eigenvalue weighted by atomic mass is 10.3. The van der Waals surface area contributed by atoms with Gasteiger partial charge in [-0.25, -0.2) is 8.42 Å². The first-order valence-corrected chi connectivity index (χ1v) is 9.69. The molecule has 0 aliphatic rings. The number of benzene rings is 1. The maximum Gasteiger partial charge on any atom is 0.263 e. The standard InChI is InChI=1S/C14H17BrN2O2S2/c1-2-8-16-10-12-9-13(14(15)20-12)21(18,19)17-11-6-4-3-5-7-11/h3-7,9,16-17H,2,8,10H2,1H3. The summed E-state index contributed by atoms with van der Waals surface area (Å²) in [7, 11) is -3.57. The van der Waals surface area contributed by atoms with Crippen LogP contribution in [-0.4, -0.2) is 15.0 Å². The highest BCUT2D eigenvalue weighted by molar-refractivity contribution is 9.11. The molecule has 2 N–H and O–H groups in total. The summed E-state index contributed by atoms with van der Waals surface area (Å²) in [5.74, 6) is 0. The van der Waals surface area contributed by atoms with Gasteiger partial charge in [0.05, 0.1) is 3.79 Å². The quantitative estimate of drug-likeness (QED) is 0.708. The number of anilines is 1. The summed E-state index contributed by atoms with van der Waals surface area (Å²) >= 11 is 4.78. The number of hydrogen-bond donors (Lipinski definition) is 2. The maximum atomic E-state index is 12.4. The Hall–Kier alpha value is -0.890. The van der Waals surface area contributed by atoms with Crippen molar-refractivity contribution in [3.8, 4) is 0 Å². The zero-order chi connectivity index (χ0) is 15.3. The first-order chi connectivity index (χ1) is 10.0. The molecule has 1 aromatic carbocycles. The third-order valence-electron chi connectivity index (χ3n) is 2.75. The SMILES string of the molecule is CCCNCc1cc(S(=O)(=O)Nc2ccccc2)c(Br)s1. The number of sulfonamides is 1. The molecular weight excluding hydrogens is 372 g/mol. The summed E-state index contributed by atoms with van der Waals surface area (Å²) in [5.41, 5.74) is 0.557. The molecule has 0 amide bonds. The average molecular weight is 389 g/mol. The number of thiophene rings is 1. The van der Waals surface area contributed by atoms with E-state index in [9.17, 15) is 8.42 Å². The Morgan fingerprint density at radius 2 is 1.95 bits per heavy atom. The van der Waals surface area contributed by atoms with Crippen LogP contribution in [0.15, 0.2) is 45.1 Å². The molecule has 114 valence electrons. The summed E-state index contributed by atoms with van der Waals surface area (Å²) in [6.07, 6.45) is 1.05. The Kier molecular flexibility index (Phi) is 5.80. The molecule has 0 spiro atoms. The highest BCUT2D eigenvalue weighted by atomic mass is 79.9. The molecule has 0 unspecified atom stereocenters. The van der Waals surface area contributed by atoms with Gasteiger partial charge in [0.1, 0.15) is 4.90 Å². The smallest absolute Gasteiger partial charge is 0.263 e. The van der Waals surface area contributed by atoms with Gasteiger partial charge >= 0.3 is 0 Å². The van der Waals surface area contributed by atoms with Gasteiger partial charge < -0.3 is 5.32 Å². The Bertz CT molecular complexity index is 684. The van der Waals surface area contributed by atoms with E-state index in [-0.39, 0.29) is 4.90 Å². The lowest BCUT2D eigenvalue weighted by Gasteiger charge is -2.06.